The molecule has 2 aliphatic heterocycles. The number of piperidine rings is 1. The third-order valence-electron chi connectivity index (χ3n) is 6.01. The average molecular weight is 388 g/mol. The maximum atomic E-state index is 12.7. The molecule has 1 aromatic carbocycles. The van der Waals surface area contributed by atoms with Crippen LogP contribution in [0.1, 0.15) is 50.2 Å². The number of benzene rings is 1. The molecule has 2 saturated heterocycles. The van der Waals surface area contributed by atoms with Crippen LogP contribution in [0.25, 0.3) is 0 Å². The molecule has 1 atom stereocenters. The maximum absolute atomic E-state index is 12.7. The fourth-order valence-electron chi connectivity index (χ4n) is 4.16. The largest absolute Gasteiger partial charge is 0.480 e. The summed E-state index contributed by atoms with van der Waals surface area (Å²) in [6.45, 7) is 9.40. The molecule has 0 aliphatic carbocycles. The molecule has 6 nitrogen and oxygen atoms in total. The quantitative estimate of drug-likeness (QED) is 0.812. The molecule has 0 aromatic heterocycles. The first-order valence-corrected chi connectivity index (χ1v) is 10.5. The van der Waals surface area contributed by atoms with Gasteiger partial charge in [0.15, 0.2) is 0 Å². The minimum Gasteiger partial charge on any atom is -0.480 e. The van der Waals surface area contributed by atoms with Crippen LogP contribution in [0.4, 0.5) is 0 Å². The van der Waals surface area contributed by atoms with Crippen molar-refractivity contribution in [3.63, 3.8) is 0 Å². The van der Waals surface area contributed by atoms with E-state index < -0.39 is 12.0 Å². The molecule has 0 saturated carbocycles. The lowest BCUT2D eigenvalue weighted by molar-refractivity contribution is -0.146. The van der Waals surface area contributed by atoms with E-state index in [1.54, 1.807) is 0 Å². The number of likely N-dealkylation sites (tertiary alicyclic amines) is 1. The van der Waals surface area contributed by atoms with Crippen molar-refractivity contribution in [2.45, 2.75) is 51.6 Å². The predicted molar refractivity (Wildman–Crippen MR) is 109 cm³/mol. The molecule has 1 amide bonds. The number of carboxylic acids is 1. The number of amides is 1. The van der Waals surface area contributed by atoms with Crippen molar-refractivity contribution in [1.29, 1.82) is 0 Å². The summed E-state index contributed by atoms with van der Waals surface area (Å²) < 4.78 is 0. The van der Waals surface area contributed by atoms with Crippen LogP contribution in [0.15, 0.2) is 24.3 Å². The van der Waals surface area contributed by atoms with E-state index >= 15 is 0 Å². The molecule has 2 heterocycles. The predicted octanol–water partition coefficient (Wildman–Crippen LogP) is 2.39. The summed E-state index contributed by atoms with van der Waals surface area (Å²) in [4.78, 5) is 30.2. The number of piperazine rings is 1. The van der Waals surface area contributed by atoms with E-state index in [9.17, 15) is 14.7 Å². The number of carboxylic acid groups (broad SMARTS) is 1. The summed E-state index contributed by atoms with van der Waals surface area (Å²) in [5.41, 5.74) is 2.67. The summed E-state index contributed by atoms with van der Waals surface area (Å²) in [5.74, 6) is -0.195. The van der Waals surface area contributed by atoms with Crippen LogP contribution in [-0.4, -0.2) is 77.0 Å². The third kappa shape index (κ3) is 5.32. The summed E-state index contributed by atoms with van der Waals surface area (Å²) >= 11 is 0. The van der Waals surface area contributed by atoms with Crippen molar-refractivity contribution in [2.24, 2.45) is 0 Å². The number of aliphatic carboxylic acids is 1. The van der Waals surface area contributed by atoms with Gasteiger partial charge < -0.3 is 10.0 Å². The standard InChI is InChI=1S/C22H33N3O3/c1-17(2)19-8-6-18(7-9-19)15-23-11-13-24(14-12-23)21(26)16-25-10-4-3-5-20(25)22(27)28/h6-9,17,20H,3-5,10-16H2,1-2H3,(H,27,28). The number of carbonyl (C=O) groups excluding carboxylic acids is 1. The molecule has 0 spiro atoms. The van der Waals surface area contributed by atoms with Gasteiger partial charge in [-0.15, -0.1) is 0 Å². The molecular formula is C22H33N3O3. The normalized spacial score (nSPS) is 21.8. The highest BCUT2D eigenvalue weighted by Gasteiger charge is 2.31. The van der Waals surface area contributed by atoms with Crippen molar-refractivity contribution in [1.82, 2.24) is 14.7 Å². The van der Waals surface area contributed by atoms with Crippen LogP contribution >= 0.6 is 0 Å². The van der Waals surface area contributed by atoms with E-state index in [0.29, 0.717) is 32.0 Å². The second kappa shape index (κ2) is 9.52. The van der Waals surface area contributed by atoms with Crippen molar-refractivity contribution in [3.8, 4) is 0 Å². The molecule has 2 fully saturated rings. The highest BCUT2D eigenvalue weighted by Crippen LogP contribution is 2.18. The lowest BCUT2D eigenvalue weighted by Gasteiger charge is -2.37. The monoisotopic (exact) mass is 387 g/mol. The maximum Gasteiger partial charge on any atom is 0.320 e. The Bertz CT molecular complexity index is 666. The van der Waals surface area contributed by atoms with Gasteiger partial charge in [-0.3, -0.25) is 19.4 Å². The fraction of sp³-hybridized carbons (Fsp3) is 0.636. The third-order valence-corrected chi connectivity index (χ3v) is 6.01. The summed E-state index contributed by atoms with van der Waals surface area (Å²) in [7, 11) is 0. The highest BCUT2D eigenvalue weighted by atomic mass is 16.4. The lowest BCUT2D eigenvalue weighted by atomic mass is 10.0. The Morgan fingerprint density at radius 2 is 1.71 bits per heavy atom. The number of rotatable bonds is 6. The zero-order valence-corrected chi connectivity index (χ0v) is 17.1. The molecule has 2 aliphatic rings. The second-order valence-corrected chi connectivity index (χ2v) is 8.37. The minimum absolute atomic E-state index is 0.0640. The minimum atomic E-state index is -0.805. The first kappa shape index (κ1) is 20.8. The fourth-order valence-corrected chi connectivity index (χ4v) is 4.16. The molecule has 0 radical (unpaired) electrons. The molecule has 1 N–H and O–H groups in total. The molecule has 28 heavy (non-hydrogen) atoms. The Hall–Kier alpha value is -1.92. The SMILES string of the molecule is CC(C)c1ccc(CN2CCN(C(=O)CN3CCCCC3C(=O)O)CC2)cc1. The summed E-state index contributed by atoms with van der Waals surface area (Å²) in [6.07, 6.45) is 2.55. The van der Waals surface area contributed by atoms with Crippen LogP contribution in [0, 0.1) is 0 Å². The van der Waals surface area contributed by atoms with Gasteiger partial charge in [0.25, 0.3) is 0 Å². The van der Waals surface area contributed by atoms with Crippen LogP contribution in [-0.2, 0) is 16.1 Å². The van der Waals surface area contributed by atoms with Crippen LogP contribution in [0.2, 0.25) is 0 Å². The van der Waals surface area contributed by atoms with E-state index in [0.717, 1.165) is 32.5 Å². The molecule has 1 aromatic rings. The van der Waals surface area contributed by atoms with Gasteiger partial charge in [-0.2, -0.15) is 0 Å². The van der Waals surface area contributed by atoms with E-state index in [1.165, 1.54) is 11.1 Å². The van der Waals surface area contributed by atoms with Gasteiger partial charge in [-0.05, 0) is 36.4 Å². The van der Waals surface area contributed by atoms with Crippen LogP contribution in [0.5, 0.6) is 0 Å². The van der Waals surface area contributed by atoms with E-state index in [-0.39, 0.29) is 12.5 Å². The molecule has 154 valence electrons. The van der Waals surface area contributed by atoms with Gasteiger partial charge in [-0.1, -0.05) is 44.5 Å². The van der Waals surface area contributed by atoms with Crippen molar-refractivity contribution in [3.05, 3.63) is 35.4 Å². The van der Waals surface area contributed by atoms with Crippen LogP contribution in [0.3, 0.4) is 0 Å². The van der Waals surface area contributed by atoms with E-state index in [4.69, 9.17) is 0 Å². The molecular weight excluding hydrogens is 354 g/mol. The van der Waals surface area contributed by atoms with E-state index in [2.05, 4.69) is 43.0 Å². The van der Waals surface area contributed by atoms with Gasteiger partial charge >= 0.3 is 5.97 Å². The van der Waals surface area contributed by atoms with Gasteiger partial charge in [0, 0.05) is 32.7 Å². The van der Waals surface area contributed by atoms with Gasteiger partial charge in [0.05, 0.1) is 6.54 Å². The van der Waals surface area contributed by atoms with Gasteiger partial charge in [0.1, 0.15) is 6.04 Å². The zero-order chi connectivity index (χ0) is 20.1. The Morgan fingerprint density at radius 1 is 1.04 bits per heavy atom. The Morgan fingerprint density at radius 3 is 2.32 bits per heavy atom. The molecule has 1 unspecified atom stereocenters. The smallest absolute Gasteiger partial charge is 0.320 e. The number of hydrogen-bond donors (Lipinski definition) is 1. The first-order valence-electron chi connectivity index (χ1n) is 10.5. The number of hydrogen-bond acceptors (Lipinski definition) is 4. The second-order valence-electron chi connectivity index (χ2n) is 8.37. The van der Waals surface area contributed by atoms with Gasteiger partial charge in [0.2, 0.25) is 5.91 Å². The Labute approximate surface area is 168 Å². The summed E-state index contributed by atoms with van der Waals surface area (Å²) in [6, 6.07) is 8.31. The van der Waals surface area contributed by atoms with Gasteiger partial charge in [-0.25, -0.2) is 0 Å². The number of nitrogens with zero attached hydrogens (tertiary/aromatic N) is 3. The lowest BCUT2D eigenvalue weighted by Crippen LogP contribution is -2.53. The first-order chi connectivity index (χ1) is 13.4. The van der Waals surface area contributed by atoms with Crippen LogP contribution < -0.4 is 0 Å². The topological polar surface area (TPSA) is 64.1 Å². The Balaban J connectivity index is 1.46. The number of carbonyl (C=O) groups is 2. The van der Waals surface area contributed by atoms with E-state index in [1.807, 2.05) is 9.80 Å². The summed E-state index contributed by atoms with van der Waals surface area (Å²) in [5, 5.41) is 9.38. The molecule has 3 rings (SSSR count). The Kier molecular flexibility index (Phi) is 7.08. The average Bonchev–Trinajstić information content (AvgIpc) is 2.69. The van der Waals surface area contributed by atoms with Crippen molar-refractivity contribution >= 4 is 11.9 Å². The highest BCUT2D eigenvalue weighted by molar-refractivity contribution is 5.80. The van der Waals surface area contributed by atoms with Crippen molar-refractivity contribution in [2.75, 3.05) is 39.3 Å². The molecule has 0 bridgehead atoms. The van der Waals surface area contributed by atoms with Crippen molar-refractivity contribution < 1.29 is 14.7 Å². The molecule has 6 heteroatoms. The zero-order valence-electron chi connectivity index (χ0n) is 17.1.